The van der Waals surface area contributed by atoms with Gasteiger partial charge in [-0.15, -0.1) is 0 Å². The second-order valence-electron chi connectivity index (χ2n) is 15.2. The predicted molar refractivity (Wildman–Crippen MR) is 249 cm³/mol. The molecule has 0 aliphatic heterocycles. The third-order valence-electron chi connectivity index (χ3n) is 11.2. The Labute approximate surface area is 353 Å². The van der Waals surface area contributed by atoms with Crippen molar-refractivity contribution in [3.05, 3.63) is 206 Å². The van der Waals surface area contributed by atoms with Crippen LogP contribution >= 0.6 is 0 Å². The van der Waals surface area contributed by atoms with E-state index in [0.29, 0.717) is 17.5 Å². The quantitative estimate of drug-likeness (QED) is 0.150. The van der Waals surface area contributed by atoms with Crippen molar-refractivity contribution in [3.63, 3.8) is 0 Å². The van der Waals surface area contributed by atoms with Gasteiger partial charge in [-0.2, -0.15) is 0 Å². The van der Waals surface area contributed by atoms with Crippen LogP contribution in [0.1, 0.15) is 5.69 Å². The molecule has 0 fully saturated rings. The normalized spacial score (nSPS) is 11.4. The summed E-state index contributed by atoms with van der Waals surface area (Å²) in [5.41, 5.74) is 14.9. The fourth-order valence-corrected chi connectivity index (χ4v) is 8.23. The second kappa shape index (κ2) is 15.2. The van der Waals surface area contributed by atoms with E-state index in [1.807, 2.05) is 60.8 Å². The molecule has 0 unspecified atom stereocenters. The van der Waals surface area contributed by atoms with Gasteiger partial charge in [0, 0.05) is 55.9 Å². The molecule has 0 saturated carbocycles. The third-order valence-corrected chi connectivity index (χ3v) is 11.2. The molecule has 11 rings (SSSR count). The van der Waals surface area contributed by atoms with Crippen LogP contribution in [-0.2, 0) is 0 Å². The molecule has 4 heterocycles. The molecule has 6 heteroatoms. The molecule has 0 spiro atoms. The van der Waals surface area contributed by atoms with Gasteiger partial charge in [0.2, 0.25) is 0 Å². The van der Waals surface area contributed by atoms with Gasteiger partial charge < -0.3 is 0 Å². The summed E-state index contributed by atoms with van der Waals surface area (Å²) >= 11 is 0. The molecule has 7 aromatic carbocycles. The average Bonchev–Trinajstić information content (AvgIpc) is 3.34. The van der Waals surface area contributed by atoms with E-state index in [1.165, 1.54) is 0 Å². The smallest absolute Gasteiger partial charge is 0.164 e. The minimum atomic E-state index is 0.601. The van der Waals surface area contributed by atoms with Crippen LogP contribution in [0, 0.1) is 6.92 Å². The molecule has 0 radical (unpaired) electrons. The van der Waals surface area contributed by atoms with E-state index in [9.17, 15) is 0 Å². The number of aryl methyl sites for hydroxylation is 1. The van der Waals surface area contributed by atoms with Crippen LogP contribution in [0.25, 0.3) is 112 Å². The van der Waals surface area contributed by atoms with Gasteiger partial charge in [-0.25, -0.2) is 19.9 Å². The van der Waals surface area contributed by atoms with Crippen LogP contribution in [0.4, 0.5) is 0 Å². The van der Waals surface area contributed by atoms with Gasteiger partial charge in [0.05, 0.1) is 22.2 Å². The monoisotopic (exact) mass is 780 g/mol. The number of benzene rings is 7. The molecule has 4 aromatic heterocycles. The average molecular weight is 781 g/mol. The molecule has 0 N–H and O–H groups in total. The summed E-state index contributed by atoms with van der Waals surface area (Å²) in [6, 6.07) is 67.0. The first-order valence-electron chi connectivity index (χ1n) is 20.4. The number of fused-ring (bicyclic) bond motifs is 4. The molecule has 0 amide bonds. The van der Waals surface area contributed by atoms with E-state index in [2.05, 4.69) is 146 Å². The fourth-order valence-electron chi connectivity index (χ4n) is 8.23. The number of hydrogen-bond acceptors (Lipinski definition) is 6. The van der Waals surface area contributed by atoms with Gasteiger partial charge in [-0.3, -0.25) is 9.97 Å². The van der Waals surface area contributed by atoms with Crippen molar-refractivity contribution in [1.29, 1.82) is 0 Å². The maximum Gasteiger partial charge on any atom is 0.164 e. The summed E-state index contributed by atoms with van der Waals surface area (Å²) in [7, 11) is 0. The van der Waals surface area contributed by atoms with E-state index in [4.69, 9.17) is 29.9 Å². The summed E-state index contributed by atoms with van der Waals surface area (Å²) < 4.78 is 0. The number of rotatable bonds is 7. The molecule has 0 bridgehead atoms. The van der Waals surface area contributed by atoms with Crippen molar-refractivity contribution in [1.82, 2.24) is 29.9 Å². The Bertz CT molecular complexity index is 3430. The summed E-state index contributed by atoms with van der Waals surface area (Å²) in [6.45, 7) is 2.06. The van der Waals surface area contributed by atoms with Crippen LogP contribution in [0.3, 0.4) is 0 Å². The van der Waals surface area contributed by atoms with Crippen LogP contribution < -0.4 is 0 Å². The highest BCUT2D eigenvalue weighted by Gasteiger charge is 2.16. The molecular formula is C55H36N6. The highest BCUT2D eigenvalue weighted by molar-refractivity contribution is 6.09. The summed E-state index contributed by atoms with van der Waals surface area (Å²) in [5, 5.41) is 3.22. The number of para-hydroxylation sites is 1. The van der Waals surface area contributed by atoms with Crippen LogP contribution in [0.2, 0.25) is 0 Å². The molecule has 0 saturated heterocycles. The Morgan fingerprint density at radius 3 is 1.56 bits per heavy atom. The Hall–Kier alpha value is -8.22. The zero-order valence-corrected chi connectivity index (χ0v) is 33.2. The first-order chi connectivity index (χ1) is 30.1. The van der Waals surface area contributed by atoms with Gasteiger partial charge in [0.1, 0.15) is 0 Å². The largest absolute Gasteiger partial charge is 0.256 e. The van der Waals surface area contributed by atoms with Gasteiger partial charge >= 0.3 is 0 Å². The summed E-state index contributed by atoms with van der Waals surface area (Å²) in [5.74, 6) is 1.82. The van der Waals surface area contributed by atoms with Crippen molar-refractivity contribution in [2.45, 2.75) is 6.92 Å². The maximum atomic E-state index is 5.15. The zero-order valence-electron chi connectivity index (χ0n) is 33.2. The van der Waals surface area contributed by atoms with Gasteiger partial charge in [0.15, 0.2) is 17.5 Å². The SMILES string of the molecule is Cc1cc(-c2cccc(-c3cccc(-c4nc(-c5ccccc5)nc(-c5cccc(-c6cccc7cccnc67)c5)n4)c3)c2)c2ccc3ccc(-c4ccccc4)nc3c2n1. The van der Waals surface area contributed by atoms with Crippen molar-refractivity contribution >= 4 is 32.7 Å². The van der Waals surface area contributed by atoms with Crippen molar-refractivity contribution in [2.24, 2.45) is 0 Å². The molecular weight excluding hydrogens is 745 g/mol. The third kappa shape index (κ3) is 6.86. The summed E-state index contributed by atoms with van der Waals surface area (Å²) in [6.07, 6.45) is 1.84. The number of aromatic nitrogens is 6. The Morgan fingerprint density at radius 1 is 0.311 bits per heavy atom. The number of hydrogen-bond donors (Lipinski definition) is 0. The van der Waals surface area contributed by atoms with Crippen molar-refractivity contribution in [3.8, 4) is 78.8 Å². The number of pyridine rings is 3. The Morgan fingerprint density at radius 2 is 0.836 bits per heavy atom. The first-order valence-corrected chi connectivity index (χ1v) is 20.4. The minimum absolute atomic E-state index is 0.601. The van der Waals surface area contributed by atoms with Gasteiger partial charge in [0.25, 0.3) is 0 Å². The van der Waals surface area contributed by atoms with Crippen molar-refractivity contribution in [2.75, 3.05) is 0 Å². The molecule has 0 aliphatic carbocycles. The van der Waals surface area contributed by atoms with Crippen LogP contribution in [-0.4, -0.2) is 29.9 Å². The van der Waals surface area contributed by atoms with Crippen LogP contribution in [0.5, 0.6) is 0 Å². The van der Waals surface area contributed by atoms with E-state index in [1.54, 1.807) is 0 Å². The van der Waals surface area contributed by atoms with Gasteiger partial charge in [-0.05, 0) is 71.1 Å². The van der Waals surface area contributed by atoms with Gasteiger partial charge in [-0.1, -0.05) is 158 Å². The topological polar surface area (TPSA) is 77.3 Å². The molecule has 61 heavy (non-hydrogen) atoms. The highest BCUT2D eigenvalue weighted by atomic mass is 15.0. The van der Waals surface area contributed by atoms with Crippen molar-refractivity contribution < 1.29 is 0 Å². The van der Waals surface area contributed by atoms with Crippen LogP contribution in [0.15, 0.2) is 200 Å². The van der Waals surface area contributed by atoms with E-state index in [0.717, 1.165) is 99.7 Å². The minimum Gasteiger partial charge on any atom is -0.256 e. The molecule has 286 valence electrons. The molecule has 0 atom stereocenters. The predicted octanol–water partition coefficient (Wildman–Crippen LogP) is 13.5. The molecule has 0 aliphatic rings. The van der Waals surface area contributed by atoms with E-state index in [-0.39, 0.29) is 0 Å². The lowest BCUT2D eigenvalue weighted by Crippen LogP contribution is -2.00. The van der Waals surface area contributed by atoms with E-state index >= 15 is 0 Å². The lowest BCUT2D eigenvalue weighted by atomic mass is 9.95. The fraction of sp³-hybridized carbons (Fsp3) is 0.0182. The summed E-state index contributed by atoms with van der Waals surface area (Å²) in [4.78, 5) is 30.2. The lowest BCUT2D eigenvalue weighted by Gasteiger charge is -2.13. The first kappa shape index (κ1) is 35.9. The Kier molecular flexibility index (Phi) is 8.94. The number of nitrogens with zero attached hydrogens (tertiary/aromatic N) is 6. The second-order valence-corrected chi connectivity index (χ2v) is 15.2. The van der Waals surface area contributed by atoms with E-state index < -0.39 is 0 Å². The zero-order chi connectivity index (χ0) is 40.7. The Balaban J connectivity index is 0.994. The molecule has 6 nitrogen and oxygen atoms in total. The lowest BCUT2D eigenvalue weighted by molar-refractivity contribution is 1.07. The highest BCUT2D eigenvalue weighted by Crippen LogP contribution is 2.37. The molecule has 11 aromatic rings. The standard InChI is InChI=1S/C55H36N6/c1-35-31-48(47-28-26-38-27-29-49(36-13-4-2-5-14-36)58-51(38)52(47)57-35)43-21-8-18-40(32-43)41-19-9-22-44(33-41)54-59-53(39-15-6-3-7-16-39)60-55(61-54)45-23-10-20-42(34-45)46-25-11-17-37-24-12-30-56-50(37)46/h2-34H,1H3. The maximum absolute atomic E-state index is 5.15.